The number of aliphatic imine (C=N–C) groups is 2. The Kier molecular flexibility index (Phi) is 3.78. The van der Waals surface area contributed by atoms with Crippen molar-refractivity contribution in [1.29, 1.82) is 0 Å². The van der Waals surface area contributed by atoms with Gasteiger partial charge in [0.15, 0.2) is 0 Å². The minimum absolute atomic E-state index is 0.368. The summed E-state index contributed by atoms with van der Waals surface area (Å²) in [5.74, 6) is 6.02. The predicted molar refractivity (Wildman–Crippen MR) is 59.4 cm³/mol. The fraction of sp³-hybridized carbons (Fsp3) is 0.400. The van der Waals surface area contributed by atoms with Crippen LogP contribution in [0.5, 0.6) is 0 Å². The zero-order valence-corrected chi connectivity index (χ0v) is 8.85. The number of nitrogens with zero attached hydrogens (tertiary/aromatic N) is 2. The Morgan fingerprint density at radius 2 is 1.85 bits per heavy atom. The van der Waals surface area contributed by atoms with Crippen molar-refractivity contribution >= 4 is 23.5 Å². The zero-order valence-electron chi connectivity index (χ0n) is 8.03. The standard InChI is InChI=1S/C10H12N2S/c1-8(2)9-10(13-3)12-7-5-4-6-11-9/h4-5,8H,1-3H3/b10-9+. The molecule has 0 aliphatic carbocycles. The van der Waals surface area contributed by atoms with Crippen molar-refractivity contribution in [2.45, 2.75) is 13.8 Å². The Hall–Kier alpha value is -1.01. The molecule has 0 aromatic carbocycles. The molecule has 0 radical (unpaired) electrons. The van der Waals surface area contributed by atoms with E-state index in [0.29, 0.717) is 5.92 Å². The van der Waals surface area contributed by atoms with E-state index >= 15 is 0 Å². The van der Waals surface area contributed by atoms with Gasteiger partial charge in [-0.3, -0.25) is 0 Å². The van der Waals surface area contributed by atoms with E-state index in [9.17, 15) is 0 Å². The van der Waals surface area contributed by atoms with Gasteiger partial charge >= 0.3 is 0 Å². The van der Waals surface area contributed by atoms with Crippen molar-refractivity contribution in [3.8, 4) is 0 Å². The molecule has 0 bridgehead atoms. The summed E-state index contributed by atoms with van der Waals surface area (Å²) in [7, 11) is 0. The molecule has 2 nitrogen and oxygen atoms in total. The molecule has 0 N–H and O–H groups in total. The minimum Gasteiger partial charge on any atom is -0.208 e. The highest BCUT2D eigenvalue weighted by molar-refractivity contribution is 8.02. The first-order valence-electron chi connectivity index (χ1n) is 4.11. The quantitative estimate of drug-likeness (QED) is 0.660. The van der Waals surface area contributed by atoms with E-state index in [0.717, 1.165) is 10.7 Å². The molecular weight excluding hydrogens is 180 g/mol. The first-order chi connectivity index (χ1) is 6.25. The summed E-state index contributed by atoms with van der Waals surface area (Å²) in [6.45, 7) is 4.19. The van der Waals surface area contributed by atoms with Crippen LogP contribution in [0, 0.1) is 5.92 Å². The summed E-state index contributed by atoms with van der Waals surface area (Å²) in [5, 5.41) is 0.923. The van der Waals surface area contributed by atoms with E-state index in [4.69, 9.17) is 0 Å². The smallest absolute Gasteiger partial charge is 0.128 e. The Bertz CT molecular complexity index is 338. The second-order valence-electron chi connectivity index (χ2n) is 2.86. The lowest BCUT2D eigenvalue weighted by atomic mass is 10.1. The third-order valence-corrected chi connectivity index (χ3v) is 2.23. The highest BCUT2D eigenvalue weighted by Gasteiger charge is 2.08. The van der Waals surface area contributed by atoms with Gasteiger partial charge in [0.2, 0.25) is 0 Å². The zero-order chi connectivity index (χ0) is 9.68. The molecule has 1 heterocycles. The molecule has 0 saturated carbocycles. The molecule has 1 aliphatic heterocycles. The summed E-state index contributed by atoms with van der Waals surface area (Å²) < 4.78 is 0. The number of allylic oxidation sites excluding steroid dienone is 3. The molecule has 1 rings (SSSR count). The van der Waals surface area contributed by atoms with Gasteiger partial charge in [0.05, 0.1) is 5.70 Å². The van der Waals surface area contributed by atoms with E-state index in [1.165, 1.54) is 0 Å². The second-order valence-corrected chi connectivity index (χ2v) is 3.66. The summed E-state index contributed by atoms with van der Waals surface area (Å²) >= 11 is 1.59. The summed E-state index contributed by atoms with van der Waals surface area (Å²) in [4.78, 5) is 8.40. The van der Waals surface area contributed by atoms with E-state index < -0.39 is 0 Å². The van der Waals surface area contributed by atoms with Crippen molar-refractivity contribution < 1.29 is 0 Å². The predicted octanol–water partition coefficient (Wildman–Crippen LogP) is 2.64. The van der Waals surface area contributed by atoms with Crippen LogP contribution in [0.4, 0.5) is 0 Å². The van der Waals surface area contributed by atoms with Gasteiger partial charge in [-0.2, -0.15) is 4.99 Å². The highest BCUT2D eigenvalue weighted by atomic mass is 32.2. The summed E-state index contributed by atoms with van der Waals surface area (Å²) in [5.41, 5.74) is 0.976. The molecule has 0 aromatic rings. The largest absolute Gasteiger partial charge is 0.208 e. The Balaban J connectivity index is 3.20. The summed E-state index contributed by atoms with van der Waals surface area (Å²) in [6, 6.07) is 0. The topological polar surface area (TPSA) is 24.7 Å². The average Bonchev–Trinajstić information content (AvgIpc) is 2.03. The second kappa shape index (κ2) is 4.88. The molecule has 0 fully saturated rings. The number of rotatable bonds is 2. The lowest BCUT2D eigenvalue weighted by Gasteiger charge is -2.07. The van der Waals surface area contributed by atoms with E-state index in [1.54, 1.807) is 23.9 Å². The van der Waals surface area contributed by atoms with Crippen molar-refractivity contribution in [2.24, 2.45) is 15.9 Å². The average molecular weight is 192 g/mol. The fourth-order valence-corrected chi connectivity index (χ4v) is 1.54. The van der Waals surface area contributed by atoms with Crippen LogP contribution in [0.2, 0.25) is 0 Å². The maximum atomic E-state index is 4.22. The van der Waals surface area contributed by atoms with Crippen LogP contribution in [0.25, 0.3) is 0 Å². The molecule has 68 valence electrons. The van der Waals surface area contributed by atoms with Gasteiger partial charge in [-0.1, -0.05) is 13.8 Å². The molecule has 1 aliphatic rings. The van der Waals surface area contributed by atoms with Gasteiger partial charge in [0.1, 0.15) is 5.03 Å². The van der Waals surface area contributed by atoms with Crippen LogP contribution >= 0.6 is 11.8 Å². The molecule has 0 unspecified atom stereocenters. The van der Waals surface area contributed by atoms with E-state index in [2.05, 4.69) is 35.6 Å². The van der Waals surface area contributed by atoms with Gasteiger partial charge in [0, 0.05) is 12.2 Å². The first kappa shape index (κ1) is 10.1. The maximum absolute atomic E-state index is 4.22. The third kappa shape index (κ3) is 2.74. The maximum Gasteiger partial charge on any atom is 0.128 e. The minimum atomic E-state index is 0.368. The number of hydrogen-bond acceptors (Lipinski definition) is 3. The number of thioether (sulfide) groups is 1. The Labute approximate surface area is 82.9 Å². The van der Waals surface area contributed by atoms with Gasteiger partial charge in [0.25, 0.3) is 0 Å². The van der Waals surface area contributed by atoms with Crippen molar-refractivity contribution in [3.05, 3.63) is 22.9 Å². The molecule has 0 atom stereocenters. The van der Waals surface area contributed by atoms with E-state index in [1.807, 2.05) is 6.26 Å². The van der Waals surface area contributed by atoms with Crippen molar-refractivity contribution in [1.82, 2.24) is 0 Å². The van der Waals surface area contributed by atoms with Crippen LogP contribution < -0.4 is 0 Å². The third-order valence-electron chi connectivity index (χ3n) is 1.54. The molecule has 0 saturated heterocycles. The van der Waals surface area contributed by atoms with Crippen LogP contribution in [-0.4, -0.2) is 18.0 Å². The molecule has 0 spiro atoms. The Morgan fingerprint density at radius 3 is 2.38 bits per heavy atom. The molecule has 3 heteroatoms. The monoisotopic (exact) mass is 192 g/mol. The SMILES string of the molecule is CS/C1=C(\C(C)C)N=C=CC=C=N1. The van der Waals surface area contributed by atoms with E-state index in [-0.39, 0.29) is 0 Å². The molecule has 0 amide bonds. The van der Waals surface area contributed by atoms with Gasteiger partial charge in [-0.05, 0) is 23.9 Å². The van der Waals surface area contributed by atoms with Crippen LogP contribution in [0.1, 0.15) is 13.8 Å². The van der Waals surface area contributed by atoms with Gasteiger partial charge in [-0.15, -0.1) is 11.8 Å². The lowest BCUT2D eigenvalue weighted by molar-refractivity contribution is 0.754. The molecule has 0 aromatic heterocycles. The molecular formula is C10H12N2S. The lowest BCUT2D eigenvalue weighted by Crippen LogP contribution is -1.94. The highest BCUT2D eigenvalue weighted by Crippen LogP contribution is 2.24. The van der Waals surface area contributed by atoms with Crippen LogP contribution in [0.3, 0.4) is 0 Å². The summed E-state index contributed by atoms with van der Waals surface area (Å²) in [6.07, 6.45) is 5.41. The van der Waals surface area contributed by atoms with Gasteiger partial charge < -0.3 is 0 Å². The normalized spacial score (nSPS) is 20.9. The fourth-order valence-electron chi connectivity index (χ4n) is 0.909. The van der Waals surface area contributed by atoms with Gasteiger partial charge in [-0.25, -0.2) is 4.99 Å². The number of hydrogen-bond donors (Lipinski definition) is 0. The van der Waals surface area contributed by atoms with Crippen LogP contribution in [0.15, 0.2) is 32.9 Å². The van der Waals surface area contributed by atoms with Crippen molar-refractivity contribution in [2.75, 3.05) is 6.26 Å². The van der Waals surface area contributed by atoms with Crippen molar-refractivity contribution in [3.63, 3.8) is 0 Å². The molecule has 13 heavy (non-hydrogen) atoms. The Morgan fingerprint density at radius 1 is 1.23 bits per heavy atom. The van der Waals surface area contributed by atoms with Crippen LogP contribution in [-0.2, 0) is 0 Å². The first-order valence-corrected chi connectivity index (χ1v) is 5.34.